The van der Waals surface area contributed by atoms with Gasteiger partial charge in [0.15, 0.2) is 0 Å². The van der Waals surface area contributed by atoms with Crippen LogP contribution < -0.4 is 10.6 Å². The van der Waals surface area contributed by atoms with Gasteiger partial charge in [-0.25, -0.2) is 4.98 Å². The Hall–Kier alpha value is -1.87. The molecule has 0 radical (unpaired) electrons. The van der Waals surface area contributed by atoms with Crippen LogP contribution in [0.4, 0.5) is 11.5 Å². The van der Waals surface area contributed by atoms with E-state index in [-0.39, 0.29) is 6.04 Å². The van der Waals surface area contributed by atoms with Crippen molar-refractivity contribution < 1.29 is 0 Å². The molecule has 0 spiro atoms. The Morgan fingerprint density at radius 1 is 1.21 bits per heavy atom. The summed E-state index contributed by atoms with van der Waals surface area (Å²) < 4.78 is 0. The molecule has 3 heteroatoms. The first kappa shape index (κ1) is 12.2. The molecule has 1 aromatic carbocycles. The molecule has 2 aromatic rings. The molecule has 0 saturated heterocycles. The van der Waals surface area contributed by atoms with Gasteiger partial charge in [-0.15, -0.1) is 0 Å². The quantitative estimate of drug-likeness (QED) is 0.893. The summed E-state index contributed by atoms with van der Waals surface area (Å²) in [7, 11) is 0. The van der Waals surface area contributed by atoms with Crippen LogP contribution in [-0.2, 0) is 6.42 Å². The summed E-state index contributed by atoms with van der Waals surface area (Å²) in [4.78, 5) is 6.86. The second kappa shape index (κ2) is 5.02. The average Bonchev–Trinajstić information content (AvgIpc) is 2.47. The molecule has 98 valence electrons. The van der Waals surface area contributed by atoms with Gasteiger partial charge in [0.05, 0.1) is 0 Å². The van der Waals surface area contributed by atoms with E-state index in [4.69, 9.17) is 5.73 Å². The van der Waals surface area contributed by atoms with Gasteiger partial charge < -0.3 is 10.6 Å². The van der Waals surface area contributed by atoms with E-state index in [1.165, 1.54) is 17.7 Å². The number of rotatable bonds is 2. The highest BCUT2D eigenvalue weighted by Crippen LogP contribution is 2.32. The standard InChI is InChI=1S/C16H19N3/c1-12(17)14-8-9-16(18-11-14)19-10-4-6-13-5-2-3-7-15(13)19/h2-3,5,7-9,11-12H,4,6,10,17H2,1H3/t12-/m1/s1. The number of benzene rings is 1. The van der Waals surface area contributed by atoms with Gasteiger partial charge in [-0.1, -0.05) is 24.3 Å². The van der Waals surface area contributed by atoms with Crippen LogP contribution in [0.25, 0.3) is 0 Å². The van der Waals surface area contributed by atoms with Crippen molar-refractivity contribution in [2.24, 2.45) is 5.73 Å². The Morgan fingerprint density at radius 2 is 2.05 bits per heavy atom. The summed E-state index contributed by atoms with van der Waals surface area (Å²) in [6, 6.07) is 12.8. The van der Waals surface area contributed by atoms with Crippen molar-refractivity contribution >= 4 is 11.5 Å². The maximum Gasteiger partial charge on any atom is 0.132 e. The number of aromatic nitrogens is 1. The monoisotopic (exact) mass is 253 g/mol. The molecule has 1 atom stereocenters. The molecule has 0 fully saturated rings. The first-order valence-corrected chi connectivity index (χ1v) is 6.82. The van der Waals surface area contributed by atoms with Gasteiger partial charge in [-0.2, -0.15) is 0 Å². The third-order valence-electron chi connectivity index (χ3n) is 3.68. The van der Waals surface area contributed by atoms with Crippen LogP contribution in [0, 0.1) is 0 Å². The zero-order valence-corrected chi connectivity index (χ0v) is 11.2. The minimum atomic E-state index is 0.0372. The SMILES string of the molecule is C[C@@H](N)c1ccc(N2CCCc3ccccc32)nc1. The van der Waals surface area contributed by atoms with Crippen LogP contribution in [0.1, 0.15) is 30.5 Å². The molecule has 0 unspecified atom stereocenters. The fourth-order valence-corrected chi connectivity index (χ4v) is 2.60. The first-order chi connectivity index (χ1) is 9.25. The van der Waals surface area contributed by atoms with Gasteiger partial charge in [0.1, 0.15) is 5.82 Å². The highest BCUT2D eigenvalue weighted by Gasteiger charge is 2.18. The lowest BCUT2D eigenvalue weighted by Crippen LogP contribution is -2.25. The van der Waals surface area contributed by atoms with E-state index in [0.29, 0.717) is 0 Å². The van der Waals surface area contributed by atoms with E-state index in [2.05, 4.69) is 46.3 Å². The summed E-state index contributed by atoms with van der Waals surface area (Å²) in [6.45, 7) is 3.01. The molecule has 2 heterocycles. The number of fused-ring (bicyclic) bond motifs is 1. The second-order valence-corrected chi connectivity index (χ2v) is 5.12. The molecule has 19 heavy (non-hydrogen) atoms. The van der Waals surface area contributed by atoms with Crippen molar-refractivity contribution in [3.05, 3.63) is 53.7 Å². The number of nitrogens with zero attached hydrogens (tertiary/aromatic N) is 2. The number of pyridine rings is 1. The van der Waals surface area contributed by atoms with Gasteiger partial charge >= 0.3 is 0 Å². The second-order valence-electron chi connectivity index (χ2n) is 5.12. The van der Waals surface area contributed by atoms with Crippen LogP contribution >= 0.6 is 0 Å². The van der Waals surface area contributed by atoms with Gasteiger partial charge in [-0.05, 0) is 43.0 Å². The minimum absolute atomic E-state index is 0.0372. The lowest BCUT2D eigenvalue weighted by molar-refractivity contribution is 0.756. The van der Waals surface area contributed by atoms with Gasteiger partial charge in [0.2, 0.25) is 0 Å². The molecule has 1 aromatic heterocycles. The molecule has 0 amide bonds. The van der Waals surface area contributed by atoms with Crippen LogP contribution in [-0.4, -0.2) is 11.5 Å². The summed E-state index contributed by atoms with van der Waals surface area (Å²) in [5.41, 5.74) is 9.64. The first-order valence-electron chi connectivity index (χ1n) is 6.82. The zero-order chi connectivity index (χ0) is 13.2. The largest absolute Gasteiger partial charge is 0.326 e. The van der Waals surface area contributed by atoms with Crippen LogP contribution in [0.5, 0.6) is 0 Å². The third kappa shape index (κ3) is 2.34. The van der Waals surface area contributed by atoms with Crippen LogP contribution in [0.2, 0.25) is 0 Å². The van der Waals surface area contributed by atoms with Crippen LogP contribution in [0.3, 0.4) is 0 Å². The Morgan fingerprint density at radius 3 is 2.79 bits per heavy atom. The highest BCUT2D eigenvalue weighted by molar-refractivity contribution is 5.65. The van der Waals surface area contributed by atoms with Crippen molar-refractivity contribution in [3.63, 3.8) is 0 Å². The van der Waals surface area contributed by atoms with Crippen molar-refractivity contribution in [3.8, 4) is 0 Å². The number of hydrogen-bond acceptors (Lipinski definition) is 3. The van der Waals surface area contributed by atoms with Gasteiger partial charge in [0.25, 0.3) is 0 Å². The normalized spacial score (nSPS) is 16.0. The van der Waals surface area contributed by atoms with E-state index >= 15 is 0 Å². The lowest BCUT2D eigenvalue weighted by Gasteiger charge is -2.30. The summed E-state index contributed by atoms with van der Waals surface area (Å²) >= 11 is 0. The molecule has 0 bridgehead atoms. The lowest BCUT2D eigenvalue weighted by atomic mass is 10.0. The predicted octanol–water partition coefficient (Wildman–Crippen LogP) is 3.19. The van der Waals surface area contributed by atoms with Crippen molar-refractivity contribution in [2.75, 3.05) is 11.4 Å². The fourth-order valence-electron chi connectivity index (χ4n) is 2.60. The number of anilines is 2. The molecule has 1 aliphatic heterocycles. The Kier molecular flexibility index (Phi) is 3.22. The zero-order valence-electron chi connectivity index (χ0n) is 11.2. The molecule has 1 aliphatic rings. The minimum Gasteiger partial charge on any atom is -0.326 e. The van der Waals surface area contributed by atoms with E-state index in [0.717, 1.165) is 24.3 Å². The molecular formula is C16H19N3. The number of nitrogens with two attached hydrogens (primary N) is 1. The van der Waals surface area contributed by atoms with Gasteiger partial charge in [0, 0.05) is 24.5 Å². The summed E-state index contributed by atoms with van der Waals surface area (Å²) in [6.07, 6.45) is 4.22. The maximum atomic E-state index is 5.87. The Balaban J connectivity index is 1.95. The molecule has 3 nitrogen and oxygen atoms in total. The van der Waals surface area contributed by atoms with Crippen molar-refractivity contribution in [1.29, 1.82) is 0 Å². The Labute approximate surface area is 114 Å². The topological polar surface area (TPSA) is 42.1 Å². The van der Waals surface area contributed by atoms with E-state index in [1.807, 2.05) is 13.1 Å². The van der Waals surface area contributed by atoms with E-state index < -0.39 is 0 Å². The van der Waals surface area contributed by atoms with Gasteiger partial charge in [-0.3, -0.25) is 0 Å². The summed E-state index contributed by atoms with van der Waals surface area (Å²) in [5.74, 6) is 1.01. The maximum absolute atomic E-state index is 5.87. The molecular weight excluding hydrogens is 234 g/mol. The van der Waals surface area contributed by atoms with E-state index in [1.54, 1.807) is 0 Å². The highest BCUT2D eigenvalue weighted by atomic mass is 15.2. The third-order valence-corrected chi connectivity index (χ3v) is 3.68. The molecule has 0 aliphatic carbocycles. The number of hydrogen-bond donors (Lipinski definition) is 1. The smallest absolute Gasteiger partial charge is 0.132 e. The molecule has 0 saturated carbocycles. The number of para-hydroxylation sites is 1. The predicted molar refractivity (Wildman–Crippen MR) is 78.6 cm³/mol. The molecule has 3 rings (SSSR count). The number of aryl methyl sites for hydroxylation is 1. The van der Waals surface area contributed by atoms with Crippen molar-refractivity contribution in [1.82, 2.24) is 4.98 Å². The molecule has 2 N–H and O–H groups in total. The fraction of sp³-hybridized carbons (Fsp3) is 0.312. The van der Waals surface area contributed by atoms with Crippen LogP contribution in [0.15, 0.2) is 42.6 Å². The average molecular weight is 253 g/mol. The van der Waals surface area contributed by atoms with E-state index in [9.17, 15) is 0 Å². The summed E-state index contributed by atoms with van der Waals surface area (Å²) in [5, 5.41) is 0. The van der Waals surface area contributed by atoms with Crippen molar-refractivity contribution in [2.45, 2.75) is 25.8 Å². The Bertz CT molecular complexity index is 560.